The van der Waals surface area contributed by atoms with Crippen molar-refractivity contribution in [1.29, 1.82) is 0 Å². The van der Waals surface area contributed by atoms with Crippen molar-refractivity contribution in [2.45, 2.75) is 39.2 Å². The Morgan fingerprint density at radius 3 is 2.44 bits per heavy atom. The fraction of sp³-hybridized carbons (Fsp3) is 0.538. The molecule has 0 saturated carbocycles. The highest BCUT2D eigenvalue weighted by Crippen LogP contribution is 2.22. The van der Waals surface area contributed by atoms with Crippen molar-refractivity contribution in [3.63, 3.8) is 0 Å². The fourth-order valence-electron chi connectivity index (χ4n) is 1.73. The molecule has 2 N–H and O–H groups in total. The molecule has 0 aliphatic carbocycles. The minimum absolute atomic E-state index is 0.334. The van der Waals surface area contributed by atoms with Crippen molar-refractivity contribution >= 4 is 0 Å². The molecule has 0 aliphatic heterocycles. The molecule has 1 rings (SSSR count). The van der Waals surface area contributed by atoms with Gasteiger partial charge in [-0.05, 0) is 37.0 Å². The Hall–Kier alpha value is -0.960. The first-order chi connectivity index (χ1) is 7.36. The topological polar surface area (TPSA) is 26.0 Å². The zero-order valence-electron chi connectivity index (χ0n) is 10.1. The maximum Gasteiger partial charge on any atom is 0.159 e. The van der Waals surface area contributed by atoms with Gasteiger partial charge in [-0.3, -0.25) is 0 Å². The second-order valence-corrected chi connectivity index (χ2v) is 4.74. The van der Waals surface area contributed by atoms with E-state index in [1.165, 1.54) is 6.07 Å². The normalized spacial score (nSPS) is 16.9. The van der Waals surface area contributed by atoms with E-state index in [0.717, 1.165) is 18.1 Å². The molecule has 16 heavy (non-hydrogen) atoms. The van der Waals surface area contributed by atoms with Gasteiger partial charge in [0.15, 0.2) is 11.6 Å². The molecule has 0 bridgehead atoms. The van der Waals surface area contributed by atoms with E-state index in [4.69, 9.17) is 5.73 Å². The maximum absolute atomic E-state index is 13.0. The van der Waals surface area contributed by atoms with Crippen LogP contribution >= 0.6 is 0 Å². The van der Waals surface area contributed by atoms with Gasteiger partial charge in [0.1, 0.15) is 0 Å². The quantitative estimate of drug-likeness (QED) is 0.839. The van der Waals surface area contributed by atoms with Gasteiger partial charge in [0, 0.05) is 5.54 Å². The van der Waals surface area contributed by atoms with E-state index in [9.17, 15) is 8.78 Å². The van der Waals surface area contributed by atoms with E-state index < -0.39 is 11.6 Å². The van der Waals surface area contributed by atoms with Crippen LogP contribution in [0.1, 0.15) is 32.8 Å². The van der Waals surface area contributed by atoms with Gasteiger partial charge in [0.2, 0.25) is 0 Å². The molecule has 0 radical (unpaired) electrons. The molecule has 1 nitrogen and oxygen atoms in total. The Balaban J connectivity index is 2.84. The lowest BCUT2D eigenvalue weighted by molar-refractivity contribution is 0.306. The van der Waals surface area contributed by atoms with Crippen LogP contribution in [0.15, 0.2) is 18.2 Å². The molecule has 1 aromatic carbocycles. The van der Waals surface area contributed by atoms with E-state index in [0.29, 0.717) is 12.3 Å². The summed E-state index contributed by atoms with van der Waals surface area (Å²) in [6.45, 7) is 6.09. The Morgan fingerprint density at radius 1 is 1.31 bits per heavy atom. The molecule has 0 aromatic heterocycles. The smallest absolute Gasteiger partial charge is 0.159 e. The molecule has 2 atom stereocenters. The number of hydrogen-bond donors (Lipinski definition) is 1. The van der Waals surface area contributed by atoms with E-state index >= 15 is 0 Å². The summed E-state index contributed by atoms with van der Waals surface area (Å²) in [6, 6.07) is 3.96. The molecule has 2 unspecified atom stereocenters. The third kappa shape index (κ3) is 3.01. The van der Waals surface area contributed by atoms with Crippen LogP contribution < -0.4 is 5.73 Å². The summed E-state index contributed by atoms with van der Waals surface area (Å²) in [5.74, 6) is -1.29. The molecular formula is C13H19F2N. The van der Waals surface area contributed by atoms with E-state index in [1.807, 2.05) is 6.92 Å². The molecule has 90 valence electrons. The van der Waals surface area contributed by atoms with E-state index in [1.54, 1.807) is 6.07 Å². The molecule has 0 fully saturated rings. The van der Waals surface area contributed by atoms with Crippen LogP contribution in [0.3, 0.4) is 0 Å². The van der Waals surface area contributed by atoms with Crippen LogP contribution in [0, 0.1) is 17.6 Å². The molecule has 0 heterocycles. The second-order valence-electron chi connectivity index (χ2n) is 4.74. The number of rotatable bonds is 4. The third-order valence-electron chi connectivity index (χ3n) is 3.31. The first kappa shape index (κ1) is 13.1. The Kier molecular flexibility index (Phi) is 4.03. The summed E-state index contributed by atoms with van der Waals surface area (Å²) in [5.41, 5.74) is 6.52. The van der Waals surface area contributed by atoms with Crippen LogP contribution in [0.25, 0.3) is 0 Å². The van der Waals surface area contributed by atoms with Gasteiger partial charge < -0.3 is 5.73 Å². The summed E-state index contributed by atoms with van der Waals surface area (Å²) < 4.78 is 25.8. The zero-order chi connectivity index (χ0) is 12.3. The summed E-state index contributed by atoms with van der Waals surface area (Å²) in [4.78, 5) is 0. The molecule has 0 aliphatic rings. The predicted molar refractivity (Wildman–Crippen MR) is 62.1 cm³/mol. The minimum atomic E-state index is -0.814. The number of benzene rings is 1. The monoisotopic (exact) mass is 227 g/mol. The van der Waals surface area contributed by atoms with E-state index in [-0.39, 0.29) is 5.54 Å². The molecule has 3 heteroatoms. The van der Waals surface area contributed by atoms with Crippen LogP contribution in [-0.4, -0.2) is 5.54 Å². The summed E-state index contributed by atoms with van der Waals surface area (Å²) >= 11 is 0. The molecule has 0 saturated heterocycles. The Labute approximate surface area is 95.7 Å². The average molecular weight is 227 g/mol. The molecule has 0 spiro atoms. The van der Waals surface area contributed by atoms with Crippen molar-refractivity contribution < 1.29 is 8.78 Å². The number of hydrogen-bond acceptors (Lipinski definition) is 1. The van der Waals surface area contributed by atoms with Gasteiger partial charge in [0.25, 0.3) is 0 Å². The van der Waals surface area contributed by atoms with Gasteiger partial charge in [-0.25, -0.2) is 8.78 Å². The van der Waals surface area contributed by atoms with Crippen molar-refractivity contribution in [1.82, 2.24) is 0 Å². The predicted octanol–water partition coefficient (Wildman–Crippen LogP) is 3.27. The van der Waals surface area contributed by atoms with Gasteiger partial charge in [0.05, 0.1) is 0 Å². The lowest BCUT2D eigenvalue weighted by Crippen LogP contribution is -2.44. The average Bonchev–Trinajstić information content (AvgIpc) is 2.22. The maximum atomic E-state index is 13.0. The zero-order valence-corrected chi connectivity index (χ0v) is 10.1. The first-order valence-corrected chi connectivity index (χ1v) is 5.59. The van der Waals surface area contributed by atoms with Crippen LogP contribution in [0.2, 0.25) is 0 Å². The third-order valence-corrected chi connectivity index (χ3v) is 3.31. The summed E-state index contributed by atoms with van der Waals surface area (Å²) in [5, 5.41) is 0. The van der Waals surface area contributed by atoms with Crippen LogP contribution in [0.4, 0.5) is 8.78 Å². The van der Waals surface area contributed by atoms with Crippen molar-refractivity contribution in [3.05, 3.63) is 35.4 Å². The van der Waals surface area contributed by atoms with Gasteiger partial charge in [-0.1, -0.05) is 26.3 Å². The molecule has 0 amide bonds. The number of nitrogens with two attached hydrogens (primary N) is 1. The highest BCUT2D eigenvalue weighted by atomic mass is 19.2. The summed E-state index contributed by atoms with van der Waals surface area (Å²) in [6.07, 6.45) is 1.52. The largest absolute Gasteiger partial charge is 0.325 e. The Bertz CT molecular complexity index is 361. The highest BCUT2D eigenvalue weighted by Gasteiger charge is 2.25. The van der Waals surface area contributed by atoms with Crippen molar-refractivity contribution in [2.75, 3.05) is 0 Å². The van der Waals surface area contributed by atoms with Crippen molar-refractivity contribution in [3.8, 4) is 0 Å². The van der Waals surface area contributed by atoms with Crippen LogP contribution in [0.5, 0.6) is 0 Å². The lowest BCUT2D eigenvalue weighted by atomic mass is 9.81. The highest BCUT2D eigenvalue weighted by molar-refractivity contribution is 5.20. The lowest BCUT2D eigenvalue weighted by Gasteiger charge is -2.31. The summed E-state index contributed by atoms with van der Waals surface area (Å²) in [7, 11) is 0. The Morgan fingerprint density at radius 2 is 1.94 bits per heavy atom. The molecule has 1 aromatic rings. The standard InChI is InChI=1S/C13H19F2N/c1-4-9(2)13(3,16)8-10-5-6-11(14)12(15)7-10/h5-7,9H,4,8,16H2,1-3H3. The van der Waals surface area contributed by atoms with Crippen molar-refractivity contribution in [2.24, 2.45) is 11.7 Å². The van der Waals surface area contributed by atoms with Gasteiger partial charge >= 0.3 is 0 Å². The minimum Gasteiger partial charge on any atom is -0.325 e. The molecular weight excluding hydrogens is 208 g/mol. The second kappa shape index (κ2) is 4.91. The van der Waals surface area contributed by atoms with E-state index in [2.05, 4.69) is 13.8 Å². The van der Waals surface area contributed by atoms with Gasteiger partial charge in [-0.2, -0.15) is 0 Å². The van der Waals surface area contributed by atoms with Crippen LogP contribution in [-0.2, 0) is 6.42 Å². The fourth-order valence-corrected chi connectivity index (χ4v) is 1.73. The number of halogens is 2. The SMILES string of the molecule is CCC(C)C(C)(N)Cc1ccc(F)c(F)c1. The van der Waals surface area contributed by atoms with Gasteiger partial charge in [-0.15, -0.1) is 0 Å². The first-order valence-electron chi connectivity index (χ1n) is 5.59.